The summed E-state index contributed by atoms with van der Waals surface area (Å²) in [5, 5.41) is 13.0. The maximum absolute atomic E-state index is 10.0. The summed E-state index contributed by atoms with van der Waals surface area (Å²) in [5.41, 5.74) is 0.899. The van der Waals surface area contributed by atoms with E-state index in [2.05, 4.69) is 10.3 Å². The van der Waals surface area contributed by atoms with Gasteiger partial charge in [0.05, 0.1) is 6.10 Å². The molecule has 0 saturated heterocycles. The van der Waals surface area contributed by atoms with Crippen LogP contribution in [-0.4, -0.2) is 20.2 Å². The molecule has 0 amide bonds. The first-order valence-electron chi connectivity index (χ1n) is 5.83. The Balaban J connectivity index is 1.81. The molecular weight excluding hydrogens is 276 g/mol. The second-order valence-electron chi connectivity index (χ2n) is 3.86. The number of aliphatic hydroxyl groups is 1. The molecule has 0 radical (unpaired) electrons. The van der Waals surface area contributed by atoms with Gasteiger partial charge in [0.15, 0.2) is 0 Å². The van der Waals surface area contributed by atoms with Crippen molar-refractivity contribution < 1.29 is 5.11 Å². The number of anilines is 1. The van der Waals surface area contributed by atoms with E-state index in [1.165, 1.54) is 11.8 Å². The summed E-state index contributed by atoms with van der Waals surface area (Å²) < 4.78 is 0.605. The van der Waals surface area contributed by atoms with Crippen molar-refractivity contribution in [3.05, 3.63) is 60.3 Å². The third-order valence-electron chi connectivity index (χ3n) is 2.45. The van der Waals surface area contributed by atoms with Crippen molar-refractivity contribution in [2.45, 2.75) is 6.10 Å². The molecule has 2 aromatic rings. The van der Waals surface area contributed by atoms with Gasteiger partial charge in [-0.2, -0.15) is 0 Å². The third kappa shape index (κ3) is 4.63. The molecule has 2 rings (SSSR count). The van der Waals surface area contributed by atoms with Gasteiger partial charge in [-0.15, -0.1) is 0 Å². The van der Waals surface area contributed by atoms with Crippen LogP contribution in [0, 0.1) is 0 Å². The average molecular weight is 290 g/mol. The lowest BCUT2D eigenvalue weighted by molar-refractivity contribution is 0.204. The summed E-state index contributed by atoms with van der Waals surface area (Å²) in [6, 6.07) is 15.1. The predicted octanol–water partition coefficient (Wildman–Crippen LogP) is 3.25. The normalized spacial score (nSPS) is 11.8. The number of nitrogens with one attached hydrogen (secondary N) is 1. The fourth-order valence-corrected chi connectivity index (χ4v) is 2.49. The molecule has 1 aromatic heterocycles. The van der Waals surface area contributed by atoms with Crippen LogP contribution in [-0.2, 0) is 0 Å². The number of pyridine rings is 1. The Bertz CT molecular complexity index is 519. The van der Waals surface area contributed by atoms with Gasteiger partial charge in [0, 0.05) is 11.9 Å². The molecule has 0 bridgehead atoms. The van der Waals surface area contributed by atoms with Gasteiger partial charge in [-0.3, -0.25) is 0 Å². The van der Waals surface area contributed by atoms with Crippen LogP contribution >= 0.6 is 24.0 Å². The second kappa shape index (κ2) is 7.23. The number of hydrogen-bond donors (Lipinski definition) is 2. The first kappa shape index (κ1) is 14.0. The van der Waals surface area contributed by atoms with E-state index >= 15 is 0 Å². The van der Waals surface area contributed by atoms with Gasteiger partial charge in [-0.05, 0) is 17.7 Å². The van der Waals surface area contributed by atoms with Crippen LogP contribution in [0.3, 0.4) is 0 Å². The van der Waals surface area contributed by atoms with Crippen molar-refractivity contribution in [2.75, 3.05) is 11.1 Å². The van der Waals surface area contributed by atoms with E-state index in [4.69, 9.17) is 12.2 Å². The van der Waals surface area contributed by atoms with Crippen LogP contribution in [0.25, 0.3) is 0 Å². The molecule has 1 aromatic carbocycles. The van der Waals surface area contributed by atoms with Crippen molar-refractivity contribution in [2.24, 2.45) is 0 Å². The highest BCUT2D eigenvalue weighted by molar-refractivity contribution is 8.23. The first-order valence-corrected chi connectivity index (χ1v) is 7.23. The quantitative estimate of drug-likeness (QED) is 0.846. The molecular formula is C14H14N2OS2. The molecule has 5 heteroatoms. The van der Waals surface area contributed by atoms with Crippen LogP contribution in [0.2, 0.25) is 0 Å². The van der Waals surface area contributed by atoms with E-state index in [0.717, 1.165) is 5.56 Å². The second-order valence-corrected chi connectivity index (χ2v) is 5.56. The van der Waals surface area contributed by atoms with Gasteiger partial charge >= 0.3 is 0 Å². The number of aliphatic hydroxyl groups excluding tert-OH is 1. The highest BCUT2D eigenvalue weighted by Gasteiger charge is 2.08. The maximum Gasteiger partial charge on any atom is 0.139 e. The first-order chi connectivity index (χ1) is 9.25. The van der Waals surface area contributed by atoms with Crippen LogP contribution in [0.15, 0.2) is 54.7 Å². The minimum Gasteiger partial charge on any atom is -0.388 e. The molecule has 0 spiro atoms. The zero-order valence-corrected chi connectivity index (χ0v) is 11.8. The van der Waals surface area contributed by atoms with E-state index < -0.39 is 6.10 Å². The van der Waals surface area contributed by atoms with Gasteiger partial charge in [0.25, 0.3) is 0 Å². The third-order valence-corrected chi connectivity index (χ3v) is 3.75. The summed E-state index contributed by atoms with van der Waals surface area (Å²) in [5.74, 6) is 1.23. The highest BCUT2D eigenvalue weighted by Crippen LogP contribution is 2.19. The molecule has 0 aliphatic rings. The number of thioether (sulfide) groups is 1. The van der Waals surface area contributed by atoms with Crippen LogP contribution < -0.4 is 5.32 Å². The number of hydrogen-bond acceptors (Lipinski definition) is 4. The van der Waals surface area contributed by atoms with Gasteiger partial charge in [0.1, 0.15) is 10.1 Å². The van der Waals surface area contributed by atoms with Crippen molar-refractivity contribution >= 4 is 34.1 Å². The monoisotopic (exact) mass is 290 g/mol. The molecule has 1 heterocycles. The molecule has 19 heavy (non-hydrogen) atoms. The summed E-state index contributed by atoms with van der Waals surface area (Å²) in [6.45, 7) is 0. The lowest BCUT2D eigenvalue weighted by atomic mass is 10.1. The number of rotatable bonds is 4. The molecule has 0 saturated carbocycles. The van der Waals surface area contributed by atoms with E-state index in [-0.39, 0.29) is 0 Å². The van der Waals surface area contributed by atoms with Crippen molar-refractivity contribution in [3.8, 4) is 0 Å². The lowest BCUT2D eigenvalue weighted by Crippen LogP contribution is -2.09. The molecule has 2 N–H and O–H groups in total. The SMILES string of the molecule is OC(CSC(=S)Nc1ccccn1)c1ccccc1. The molecule has 98 valence electrons. The molecule has 3 nitrogen and oxygen atoms in total. The van der Waals surface area contributed by atoms with Crippen LogP contribution in [0.5, 0.6) is 0 Å². The van der Waals surface area contributed by atoms with E-state index in [1.54, 1.807) is 6.20 Å². The molecule has 1 unspecified atom stereocenters. The average Bonchev–Trinajstić information content (AvgIpc) is 2.47. The summed E-state index contributed by atoms with van der Waals surface area (Å²) in [6.07, 6.45) is 1.18. The van der Waals surface area contributed by atoms with E-state index in [1.807, 2.05) is 48.5 Å². The zero-order chi connectivity index (χ0) is 13.5. The molecule has 0 aliphatic heterocycles. The van der Waals surface area contributed by atoms with Gasteiger partial charge in [-0.25, -0.2) is 4.98 Å². The Morgan fingerprint density at radius 1 is 1.21 bits per heavy atom. The summed E-state index contributed by atoms with van der Waals surface area (Å²) in [7, 11) is 0. The Labute approximate surface area is 122 Å². The highest BCUT2D eigenvalue weighted by atomic mass is 32.2. The molecule has 0 fully saturated rings. The van der Waals surface area contributed by atoms with Crippen molar-refractivity contribution in [1.29, 1.82) is 0 Å². The standard InChI is InChI=1S/C14H14N2OS2/c17-12(11-6-2-1-3-7-11)10-19-14(18)16-13-8-4-5-9-15-13/h1-9,12,17H,10H2,(H,15,16,18). The van der Waals surface area contributed by atoms with Crippen LogP contribution in [0.4, 0.5) is 5.82 Å². The summed E-state index contributed by atoms with van der Waals surface area (Å²) in [4.78, 5) is 4.13. The fraction of sp³-hybridized carbons (Fsp3) is 0.143. The smallest absolute Gasteiger partial charge is 0.139 e. The summed E-state index contributed by atoms with van der Waals surface area (Å²) >= 11 is 6.61. The number of benzene rings is 1. The Morgan fingerprint density at radius 3 is 2.63 bits per heavy atom. The van der Waals surface area contributed by atoms with Gasteiger partial charge in [-0.1, -0.05) is 60.4 Å². The zero-order valence-electron chi connectivity index (χ0n) is 10.2. The predicted molar refractivity (Wildman–Crippen MR) is 84.3 cm³/mol. The minimum atomic E-state index is -0.519. The van der Waals surface area contributed by atoms with Gasteiger partial charge < -0.3 is 10.4 Å². The number of nitrogens with zero attached hydrogens (tertiary/aromatic N) is 1. The van der Waals surface area contributed by atoms with Crippen molar-refractivity contribution in [1.82, 2.24) is 4.98 Å². The molecule has 0 aliphatic carbocycles. The van der Waals surface area contributed by atoms with Crippen molar-refractivity contribution in [3.63, 3.8) is 0 Å². The Hall–Kier alpha value is -1.43. The number of thiocarbonyl (C=S) groups is 1. The van der Waals surface area contributed by atoms with Gasteiger partial charge in [0.2, 0.25) is 0 Å². The Kier molecular flexibility index (Phi) is 5.32. The topological polar surface area (TPSA) is 45.1 Å². The Morgan fingerprint density at radius 2 is 1.95 bits per heavy atom. The fourth-order valence-electron chi connectivity index (χ4n) is 1.50. The van der Waals surface area contributed by atoms with E-state index in [9.17, 15) is 5.11 Å². The van der Waals surface area contributed by atoms with E-state index in [0.29, 0.717) is 15.9 Å². The maximum atomic E-state index is 10.0. The lowest BCUT2D eigenvalue weighted by Gasteiger charge is -2.11. The van der Waals surface area contributed by atoms with Crippen LogP contribution in [0.1, 0.15) is 11.7 Å². The minimum absolute atomic E-state index is 0.517. The number of aromatic nitrogens is 1. The largest absolute Gasteiger partial charge is 0.388 e. The molecule has 1 atom stereocenters.